The fourth-order valence-electron chi connectivity index (χ4n) is 2.33. The molecule has 1 N–H and O–H groups in total. The standard InChI is InChI=1S/C12H22N4/c1-4-16-12(7-10(2)14-16)9-15-6-5-13-8-11(15)3/h7,11,13H,4-6,8-9H2,1-3H3/t11-/m0/s1. The zero-order valence-electron chi connectivity index (χ0n) is 10.5. The van der Waals surface area contributed by atoms with E-state index in [4.69, 9.17) is 0 Å². The highest BCUT2D eigenvalue weighted by Gasteiger charge is 2.19. The minimum atomic E-state index is 0.620. The molecule has 0 spiro atoms. The first kappa shape index (κ1) is 11.6. The lowest BCUT2D eigenvalue weighted by atomic mass is 10.2. The molecule has 1 aromatic rings. The summed E-state index contributed by atoms with van der Waals surface area (Å²) >= 11 is 0. The second-order valence-electron chi connectivity index (χ2n) is 4.62. The minimum absolute atomic E-state index is 0.620. The predicted molar refractivity (Wildman–Crippen MR) is 65.4 cm³/mol. The first-order valence-electron chi connectivity index (χ1n) is 6.18. The van der Waals surface area contributed by atoms with Crippen LogP contribution >= 0.6 is 0 Å². The van der Waals surface area contributed by atoms with Gasteiger partial charge in [-0.1, -0.05) is 0 Å². The smallest absolute Gasteiger partial charge is 0.0597 e. The molecule has 0 aromatic carbocycles. The van der Waals surface area contributed by atoms with Gasteiger partial charge in [0.15, 0.2) is 0 Å². The highest BCUT2D eigenvalue weighted by atomic mass is 15.3. The summed E-state index contributed by atoms with van der Waals surface area (Å²) in [6.07, 6.45) is 0. The summed E-state index contributed by atoms with van der Waals surface area (Å²) in [6.45, 7) is 11.8. The fraction of sp³-hybridized carbons (Fsp3) is 0.750. The number of aromatic nitrogens is 2. The number of nitrogens with one attached hydrogen (secondary N) is 1. The molecule has 90 valence electrons. The maximum atomic E-state index is 4.49. The van der Waals surface area contributed by atoms with Crippen molar-refractivity contribution in [1.82, 2.24) is 20.0 Å². The third-order valence-corrected chi connectivity index (χ3v) is 3.29. The third-order valence-electron chi connectivity index (χ3n) is 3.29. The van der Waals surface area contributed by atoms with Gasteiger partial charge in [0.25, 0.3) is 0 Å². The van der Waals surface area contributed by atoms with Crippen LogP contribution in [0.4, 0.5) is 0 Å². The van der Waals surface area contributed by atoms with Crippen molar-refractivity contribution in [1.29, 1.82) is 0 Å². The van der Waals surface area contributed by atoms with E-state index in [0.717, 1.165) is 38.4 Å². The predicted octanol–water partition coefficient (Wildman–Crippen LogP) is 1.01. The molecule has 0 aliphatic carbocycles. The van der Waals surface area contributed by atoms with Crippen molar-refractivity contribution in [3.63, 3.8) is 0 Å². The van der Waals surface area contributed by atoms with Gasteiger partial charge in [0.05, 0.1) is 11.4 Å². The van der Waals surface area contributed by atoms with Gasteiger partial charge < -0.3 is 5.32 Å². The van der Waals surface area contributed by atoms with Gasteiger partial charge in [-0.3, -0.25) is 9.58 Å². The summed E-state index contributed by atoms with van der Waals surface area (Å²) in [5.41, 5.74) is 2.47. The van der Waals surface area contributed by atoms with Crippen LogP contribution in [0.25, 0.3) is 0 Å². The molecule has 0 radical (unpaired) electrons. The molecule has 0 unspecified atom stereocenters. The van der Waals surface area contributed by atoms with Gasteiger partial charge in [-0.05, 0) is 26.8 Å². The van der Waals surface area contributed by atoms with E-state index >= 15 is 0 Å². The van der Waals surface area contributed by atoms with Crippen LogP contribution in [0.5, 0.6) is 0 Å². The lowest BCUT2D eigenvalue weighted by molar-refractivity contribution is 0.161. The molecule has 1 aliphatic rings. The van der Waals surface area contributed by atoms with E-state index in [0.29, 0.717) is 6.04 Å². The molecule has 0 saturated carbocycles. The second-order valence-corrected chi connectivity index (χ2v) is 4.62. The Morgan fingerprint density at radius 2 is 2.38 bits per heavy atom. The highest BCUT2D eigenvalue weighted by molar-refractivity contribution is 5.09. The first-order valence-corrected chi connectivity index (χ1v) is 6.18. The van der Waals surface area contributed by atoms with E-state index in [1.54, 1.807) is 0 Å². The molecule has 2 heterocycles. The number of hydrogen-bond donors (Lipinski definition) is 1. The summed E-state index contributed by atoms with van der Waals surface area (Å²) in [4.78, 5) is 2.53. The lowest BCUT2D eigenvalue weighted by Gasteiger charge is -2.33. The molecule has 0 amide bonds. The van der Waals surface area contributed by atoms with Crippen molar-refractivity contribution < 1.29 is 0 Å². The van der Waals surface area contributed by atoms with Gasteiger partial charge in [0.1, 0.15) is 0 Å². The number of piperazine rings is 1. The fourth-order valence-corrected chi connectivity index (χ4v) is 2.33. The summed E-state index contributed by atoms with van der Waals surface area (Å²) in [7, 11) is 0. The zero-order chi connectivity index (χ0) is 11.5. The van der Waals surface area contributed by atoms with Crippen LogP contribution in [0, 0.1) is 6.92 Å². The van der Waals surface area contributed by atoms with E-state index in [1.807, 2.05) is 0 Å². The molecule has 16 heavy (non-hydrogen) atoms. The monoisotopic (exact) mass is 222 g/mol. The quantitative estimate of drug-likeness (QED) is 0.828. The number of hydrogen-bond acceptors (Lipinski definition) is 3. The Balaban J connectivity index is 2.06. The van der Waals surface area contributed by atoms with Crippen molar-refractivity contribution in [3.8, 4) is 0 Å². The molecule has 1 aromatic heterocycles. The van der Waals surface area contributed by atoms with E-state index in [-0.39, 0.29) is 0 Å². The molecule has 4 nitrogen and oxygen atoms in total. The Morgan fingerprint density at radius 1 is 1.56 bits per heavy atom. The minimum Gasteiger partial charge on any atom is -0.314 e. The summed E-state index contributed by atoms with van der Waals surface area (Å²) in [5.74, 6) is 0. The Kier molecular flexibility index (Phi) is 3.61. The number of aryl methyl sites for hydroxylation is 2. The van der Waals surface area contributed by atoms with E-state index in [2.05, 4.69) is 46.8 Å². The van der Waals surface area contributed by atoms with Crippen LogP contribution in [0.2, 0.25) is 0 Å². The molecule has 1 saturated heterocycles. The largest absolute Gasteiger partial charge is 0.314 e. The Bertz CT molecular complexity index is 345. The van der Waals surface area contributed by atoms with E-state index < -0.39 is 0 Å². The molecular formula is C12H22N4. The molecule has 1 atom stereocenters. The van der Waals surface area contributed by atoms with Crippen molar-refractivity contribution in [2.75, 3.05) is 19.6 Å². The van der Waals surface area contributed by atoms with Crippen LogP contribution in [0.15, 0.2) is 6.07 Å². The van der Waals surface area contributed by atoms with Crippen molar-refractivity contribution in [2.24, 2.45) is 0 Å². The highest BCUT2D eigenvalue weighted by Crippen LogP contribution is 2.11. The van der Waals surface area contributed by atoms with Crippen LogP contribution in [0.1, 0.15) is 25.2 Å². The molecule has 1 fully saturated rings. The number of rotatable bonds is 3. The van der Waals surface area contributed by atoms with Crippen LogP contribution in [-0.2, 0) is 13.1 Å². The van der Waals surface area contributed by atoms with Gasteiger partial charge in [-0.15, -0.1) is 0 Å². The molecule has 2 rings (SSSR count). The Morgan fingerprint density at radius 3 is 3.06 bits per heavy atom. The third kappa shape index (κ3) is 2.44. The first-order chi connectivity index (χ1) is 7.70. The van der Waals surface area contributed by atoms with Gasteiger partial charge in [0, 0.05) is 38.8 Å². The maximum absolute atomic E-state index is 4.49. The molecular weight excluding hydrogens is 200 g/mol. The maximum Gasteiger partial charge on any atom is 0.0597 e. The normalized spacial score (nSPS) is 22.6. The second kappa shape index (κ2) is 4.97. The van der Waals surface area contributed by atoms with Crippen LogP contribution in [-0.4, -0.2) is 40.4 Å². The zero-order valence-corrected chi connectivity index (χ0v) is 10.5. The lowest BCUT2D eigenvalue weighted by Crippen LogP contribution is -2.49. The van der Waals surface area contributed by atoms with Gasteiger partial charge >= 0.3 is 0 Å². The van der Waals surface area contributed by atoms with Gasteiger partial charge in [-0.2, -0.15) is 5.10 Å². The summed E-state index contributed by atoms with van der Waals surface area (Å²) < 4.78 is 2.12. The summed E-state index contributed by atoms with van der Waals surface area (Å²) in [5, 5.41) is 7.91. The van der Waals surface area contributed by atoms with Gasteiger partial charge in [-0.25, -0.2) is 0 Å². The van der Waals surface area contributed by atoms with E-state index in [9.17, 15) is 0 Å². The van der Waals surface area contributed by atoms with Gasteiger partial charge in [0.2, 0.25) is 0 Å². The average Bonchev–Trinajstić information content (AvgIpc) is 2.62. The van der Waals surface area contributed by atoms with Crippen LogP contribution < -0.4 is 5.32 Å². The molecule has 1 aliphatic heterocycles. The van der Waals surface area contributed by atoms with Crippen molar-refractivity contribution in [2.45, 2.75) is 39.9 Å². The average molecular weight is 222 g/mol. The van der Waals surface area contributed by atoms with Crippen molar-refractivity contribution in [3.05, 3.63) is 17.5 Å². The Hall–Kier alpha value is -0.870. The molecule has 4 heteroatoms. The SMILES string of the molecule is CCn1nc(C)cc1CN1CCNC[C@@H]1C. The topological polar surface area (TPSA) is 33.1 Å². The summed E-state index contributed by atoms with van der Waals surface area (Å²) in [6, 6.07) is 2.83. The number of nitrogens with zero attached hydrogens (tertiary/aromatic N) is 3. The Labute approximate surface area is 97.6 Å². The van der Waals surface area contributed by atoms with E-state index in [1.165, 1.54) is 5.69 Å². The van der Waals surface area contributed by atoms with Crippen molar-refractivity contribution >= 4 is 0 Å². The molecule has 0 bridgehead atoms. The van der Waals surface area contributed by atoms with Crippen LogP contribution in [0.3, 0.4) is 0 Å².